The van der Waals surface area contributed by atoms with Gasteiger partial charge in [-0.2, -0.15) is 0 Å². The van der Waals surface area contributed by atoms with Crippen molar-refractivity contribution in [1.29, 1.82) is 0 Å². The number of hydrogen-bond donors (Lipinski definition) is 0. The van der Waals surface area contributed by atoms with E-state index in [-0.39, 0.29) is 17.5 Å². The molecule has 10 aromatic carbocycles. The number of nitrogens with zero attached hydrogens (tertiary/aromatic N) is 2. The molecule has 0 N–H and O–H groups in total. The Bertz CT molecular complexity index is 4450. The molecule has 0 saturated carbocycles. The highest BCUT2D eigenvalue weighted by atomic mass is 32.1. The summed E-state index contributed by atoms with van der Waals surface area (Å²) in [6.45, 7) is 18.5. The van der Waals surface area contributed by atoms with E-state index in [1.807, 2.05) is 0 Å². The molecule has 382 valence electrons. The number of fused-ring (bicyclic) bond motifs is 25. The lowest BCUT2D eigenvalue weighted by Gasteiger charge is -2.44. The minimum atomic E-state index is -0.497. The van der Waals surface area contributed by atoms with Crippen LogP contribution in [0.3, 0.4) is 0 Å². The van der Waals surface area contributed by atoms with E-state index in [4.69, 9.17) is 0 Å². The predicted octanol–water partition coefficient (Wildman–Crippen LogP) is 17.7. The average Bonchev–Trinajstić information content (AvgIpc) is 2.37. The lowest BCUT2D eigenvalue weighted by atomic mass is 9.36. The number of rotatable bonds is 2. The van der Waals surface area contributed by atoms with Gasteiger partial charge in [0.15, 0.2) is 0 Å². The highest BCUT2D eigenvalue weighted by molar-refractivity contribution is 7.30. The lowest BCUT2D eigenvalue weighted by Crippen LogP contribution is -2.60. The zero-order chi connectivity index (χ0) is 53.9. The van der Waals surface area contributed by atoms with Crippen molar-refractivity contribution >= 4 is 67.9 Å². The Hall–Kier alpha value is -8.44. The van der Waals surface area contributed by atoms with E-state index < -0.39 is 10.8 Å². The number of hydrogen-bond acceptors (Lipinski definition) is 3. The molecule has 2 nitrogen and oxygen atoms in total. The van der Waals surface area contributed by atoms with E-state index in [0.717, 1.165) is 0 Å². The minimum Gasteiger partial charge on any atom is -0.311 e. The Morgan fingerprint density at radius 2 is 0.812 bits per heavy atom. The van der Waals surface area contributed by atoms with Crippen LogP contribution in [0, 0.1) is 13.8 Å². The van der Waals surface area contributed by atoms with E-state index in [2.05, 4.69) is 289 Å². The molecule has 4 heteroatoms. The second-order valence-corrected chi connectivity index (χ2v) is 26.7. The molecule has 0 amide bonds. The fraction of sp³-hybridized carbons (Fsp3) is 0.158. The first-order chi connectivity index (χ1) is 38.8. The monoisotopic (exact) mass is 1040 g/mol. The van der Waals surface area contributed by atoms with Crippen molar-refractivity contribution < 1.29 is 0 Å². The molecule has 1 aromatic heterocycles. The number of aryl methyl sites for hydroxylation is 2. The van der Waals surface area contributed by atoms with Crippen LogP contribution >= 0.6 is 11.3 Å². The standard InChI is InChI=1S/C76H59BN2S/c1-44-29-38-55-62(39-44)76(60-27-17-11-21-52(60)53-22-12-18-28-61(53)76)71-68(55)70-72(80-71)77-64-42-56-54-23-13-16-26-59(54)75(57-24-14-9-19-50(57)51-20-10-15-25-58(51)75)63(56)43-65(64)78(48-34-30-46(31-35-48)73(3,4)5)66-40-45(2)41-67(69(66)77)79(70)49-36-32-47(33-37-49)74(6,7)8/h9-43H,1-8H3. The number of benzene rings is 10. The summed E-state index contributed by atoms with van der Waals surface area (Å²) in [6, 6.07) is 83.2. The Kier molecular flexibility index (Phi) is 9.11. The van der Waals surface area contributed by atoms with E-state index in [9.17, 15) is 0 Å². The van der Waals surface area contributed by atoms with Crippen molar-refractivity contribution in [2.24, 2.45) is 0 Å². The van der Waals surface area contributed by atoms with Gasteiger partial charge in [-0.15, -0.1) is 11.3 Å². The Morgan fingerprint density at radius 1 is 0.375 bits per heavy atom. The van der Waals surface area contributed by atoms with Gasteiger partial charge in [-0.25, -0.2) is 0 Å². The number of thiophene rings is 1. The highest BCUT2D eigenvalue weighted by Crippen LogP contribution is 2.68. The van der Waals surface area contributed by atoms with E-state index in [1.165, 1.54) is 160 Å². The van der Waals surface area contributed by atoms with Crippen LogP contribution in [0.15, 0.2) is 212 Å². The summed E-state index contributed by atoms with van der Waals surface area (Å²) in [5.74, 6) is 0. The van der Waals surface area contributed by atoms with Crippen molar-refractivity contribution in [3.05, 3.63) is 278 Å². The van der Waals surface area contributed by atoms with E-state index >= 15 is 0 Å². The molecule has 11 aromatic rings. The van der Waals surface area contributed by atoms with Crippen LogP contribution in [0.5, 0.6) is 0 Å². The highest BCUT2D eigenvalue weighted by Gasteiger charge is 2.58. The van der Waals surface area contributed by atoms with Gasteiger partial charge in [0.25, 0.3) is 6.71 Å². The Morgan fingerprint density at radius 3 is 1.31 bits per heavy atom. The molecule has 0 unspecified atom stereocenters. The predicted molar refractivity (Wildman–Crippen MR) is 338 cm³/mol. The Labute approximate surface area is 474 Å². The molecule has 0 radical (unpaired) electrons. The van der Waals surface area contributed by atoms with Gasteiger partial charge < -0.3 is 9.80 Å². The second kappa shape index (κ2) is 15.7. The van der Waals surface area contributed by atoms with Crippen molar-refractivity contribution in [2.75, 3.05) is 9.80 Å². The van der Waals surface area contributed by atoms with Crippen molar-refractivity contribution in [3.63, 3.8) is 0 Å². The molecule has 0 fully saturated rings. The molecule has 2 spiro atoms. The second-order valence-electron chi connectivity index (χ2n) is 25.7. The molecule has 0 bridgehead atoms. The van der Waals surface area contributed by atoms with Crippen LogP contribution in [0.2, 0.25) is 0 Å². The van der Waals surface area contributed by atoms with Gasteiger partial charge in [0, 0.05) is 43.7 Å². The summed E-state index contributed by atoms with van der Waals surface area (Å²) in [5.41, 5.74) is 34.6. The van der Waals surface area contributed by atoms with E-state index in [1.54, 1.807) is 0 Å². The summed E-state index contributed by atoms with van der Waals surface area (Å²) in [4.78, 5) is 6.78. The zero-order valence-corrected chi connectivity index (χ0v) is 47.4. The first-order valence-corrected chi connectivity index (χ1v) is 29.5. The van der Waals surface area contributed by atoms with Gasteiger partial charge in [-0.1, -0.05) is 217 Å². The maximum Gasteiger partial charge on any atom is 0.264 e. The SMILES string of the molecule is Cc1cc2c3c(c1)N(c1ccc(C(C)(C)C)cc1)c1c(sc4c1-c1ccc(C)cc1C41c4ccccc4-c4ccccc41)B3c1cc3c(cc1N2c1ccc(C(C)(C)C)cc1)C1(c2ccccc2-c2ccccc21)c1ccccc1-3. The molecule has 4 aliphatic carbocycles. The number of anilines is 6. The first kappa shape index (κ1) is 46.5. The van der Waals surface area contributed by atoms with Crippen LogP contribution in [-0.4, -0.2) is 6.71 Å². The normalized spacial score (nSPS) is 15.4. The summed E-state index contributed by atoms with van der Waals surface area (Å²) in [5, 5.41) is 0. The largest absolute Gasteiger partial charge is 0.311 e. The third kappa shape index (κ3) is 5.70. The summed E-state index contributed by atoms with van der Waals surface area (Å²) in [7, 11) is 0. The topological polar surface area (TPSA) is 6.48 Å². The fourth-order valence-corrected chi connectivity index (χ4v) is 17.6. The molecule has 0 atom stereocenters. The van der Waals surface area contributed by atoms with Crippen LogP contribution in [0.4, 0.5) is 34.1 Å². The molecular weight excluding hydrogens is 984 g/mol. The van der Waals surface area contributed by atoms with Crippen molar-refractivity contribution in [3.8, 4) is 44.5 Å². The smallest absolute Gasteiger partial charge is 0.264 e. The van der Waals surface area contributed by atoms with Gasteiger partial charge in [0.2, 0.25) is 0 Å². The third-order valence-electron chi connectivity index (χ3n) is 19.3. The van der Waals surface area contributed by atoms with Crippen molar-refractivity contribution in [1.82, 2.24) is 0 Å². The summed E-state index contributed by atoms with van der Waals surface area (Å²) < 4.78 is 1.40. The molecular formula is C76H59BN2S. The van der Waals surface area contributed by atoms with Gasteiger partial charge >= 0.3 is 0 Å². The minimum absolute atomic E-state index is 0.00209. The van der Waals surface area contributed by atoms with E-state index in [0.29, 0.717) is 0 Å². The summed E-state index contributed by atoms with van der Waals surface area (Å²) >= 11 is 2.08. The molecule has 80 heavy (non-hydrogen) atoms. The first-order valence-electron chi connectivity index (χ1n) is 28.7. The quantitative estimate of drug-likeness (QED) is 0.159. The molecule has 0 saturated heterocycles. The van der Waals surface area contributed by atoms with Crippen LogP contribution < -0.4 is 25.5 Å². The molecule has 2 aliphatic heterocycles. The average molecular weight is 1040 g/mol. The van der Waals surface area contributed by atoms with Gasteiger partial charge in [-0.3, -0.25) is 0 Å². The van der Waals surface area contributed by atoms with Crippen LogP contribution in [0.1, 0.15) is 108 Å². The van der Waals surface area contributed by atoms with Gasteiger partial charge in [-0.05, 0) is 173 Å². The van der Waals surface area contributed by atoms with Crippen molar-refractivity contribution in [2.45, 2.75) is 77.0 Å². The molecule has 3 heterocycles. The maximum atomic E-state index is 2.70. The molecule has 17 rings (SSSR count). The zero-order valence-electron chi connectivity index (χ0n) is 46.6. The van der Waals surface area contributed by atoms with Crippen LogP contribution in [0.25, 0.3) is 44.5 Å². The maximum absolute atomic E-state index is 2.70. The Balaban J connectivity index is 1.03. The van der Waals surface area contributed by atoms with Crippen LogP contribution in [-0.2, 0) is 21.7 Å². The lowest BCUT2D eigenvalue weighted by molar-refractivity contribution is 0.590. The van der Waals surface area contributed by atoms with Gasteiger partial charge in [0.1, 0.15) is 0 Å². The molecule has 6 aliphatic rings. The third-order valence-corrected chi connectivity index (χ3v) is 20.6. The fourth-order valence-electron chi connectivity index (χ4n) is 15.9. The summed E-state index contributed by atoms with van der Waals surface area (Å²) in [6.07, 6.45) is 0. The van der Waals surface area contributed by atoms with Gasteiger partial charge in [0.05, 0.1) is 16.5 Å².